The quantitative estimate of drug-likeness (QED) is 0.682. The lowest BCUT2D eigenvalue weighted by atomic mass is 9.87. The van der Waals surface area contributed by atoms with Crippen LogP contribution in [-0.4, -0.2) is 26.4 Å². The van der Waals surface area contributed by atoms with Gasteiger partial charge in [0.15, 0.2) is 0 Å². The normalized spacial score (nSPS) is 15.0. The van der Waals surface area contributed by atoms with Crippen LogP contribution in [0.3, 0.4) is 0 Å². The number of carbonyl (C=O) groups is 1. The predicted molar refractivity (Wildman–Crippen MR) is 112 cm³/mol. The number of H-pyrrole nitrogens is 1. The molecule has 3 heterocycles. The molecule has 3 aromatic heterocycles. The molecule has 29 heavy (non-hydrogen) atoms. The van der Waals surface area contributed by atoms with Gasteiger partial charge in [0, 0.05) is 30.6 Å². The van der Waals surface area contributed by atoms with E-state index >= 15 is 0 Å². The summed E-state index contributed by atoms with van der Waals surface area (Å²) >= 11 is 0. The van der Waals surface area contributed by atoms with Gasteiger partial charge in [0.25, 0.3) is 11.5 Å². The van der Waals surface area contributed by atoms with Crippen molar-refractivity contribution in [3.05, 3.63) is 58.4 Å². The summed E-state index contributed by atoms with van der Waals surface area (Å²) in [6.45, 7) is 3.82. The number of carbonyl (C=O) groups excluding carboxylic acids is 1. The molecule has 0 atom stereocenters. The minimum Gasteiger partial charge on any atom is -0.490 e. The number of aromatic amines is 1. The molecule has 0 unspecified atom stereocenters. The van der Waals surface area contributed by atoms with Gasteiger partial charge in [-0.2, -0.15) is 0 Å². The van der Waals surface area contributed by atoms with Gasteiger partial charge in [-0.05, 0) is 38.8 Å². The second-order valence-electron chi connectivity index (χ2n) is 7.85. The van der Waals surface area contributed by atoms with Gasteiger partial charge in [0.2, 0.25) is 0 Å². The zero-order valence-electron chi connectivity index (χ0n) is 16.8. The van der Waals surface area contributed by atoms with Crippen LogP contribution in [0.1, 0.15) is 67.9 Å². The van der Waals surface area contributed by atoms with Crippen LogP contribution in [0.4, 0.5) is 5.69 Å². The van der Waals surface area contributed by atoms with Crippen LogP contribution >= 0.6 is 0 Å². The summed E-state index contributed by atoms with van der Waals surface area (Å²) in [5.74, 6) is 0.531. The van der Waals surface area contributed by atoms with Crippen LogP contribution in [-0.2, 0) is 0 Å². The molecular formula is C22H26N4O3. The molecule has 152 valence electrons. The van der Waals surface area contributed by atoms with Crippen LogP contribution in [0.25, 0.3) is 5.65 Å². The van der Waals surface area contributed by atoms with E-state index < -0.39 is 5.91 Å². The fraction of sp³-hybridized carbons (Fsp3) is 0.409. The van der Waals surface area contributed by atoms with Gasteiger partial charge in [-0.25, -0.2) is 4.98 Å². The third-order valence-electron chi connectivity index (χ3n) is 5.27. The largest absolute Gasteiger partial charge is 0.490 e. The molecule has 2 N–H and O–H groups in total. The Kier molecular flexibility index (Phi) is 5.38. The zero-order valence-corrected chi connectivity index (χ0v) is 16.8. The van der Waals surface area contributed by atoms with Crippen molar-refractivity contribution in [1.82, 2.24) is 14.4 Å². The third kappa shape index (κ3) is 4.18. The van der Waals surface area contributed by atoms with E-state index in [1.807, 2.05) is 24.4 Å². The van der Waals surface area contributed by atoms with E-state index in [0.717, 1.165) is 24.2 Å². The Balaban J connectivity index is 1.71. The first-order valence-corrected chi connectivity index (χ1v) is 10.2. The van der Waals surface area contributed by atoms with Crippen LogP contribution in [0, 0.1) is 0 Å². The van der Waals surface area contributed by atoms with Crippen LogP contribution in [0.5, 0.6) is 5.75 Å². The monoisotopic (exact) mass is 394 g/mol. The Morgan fingerprint density at radius 1 is 1.28 bits per heavy atom. The molecule has 0 saturated heterocycles. The Morgan fingerprint density at radius 3 is 2.79 bits per heavy atom. The fourth-order valence-corrected chi connectivity index (χ4v) is 3.86. The number of pyridine rings is 2. The Bertz CT molecular complexity index is 1080. The topological polar surface area (TPSA) is 88.5 Å². The second-order valence-corrected chi connectivity index (χ2v) is 7.85. The summed E-state index contributed by atoms with van der Waals surface area (Å²) in [6.07, 6.45) is 11.2. The lowest BCUT2D eigenvalue weighted by Gasteiger charge is -2.19. The number of nitrogens with zero attached hydrogens (tertiary/aromatic N) is 2. The van der Waals surface area contributed by atoms with Gasteiger partial charge >= 0.3 is 0 Å². The molecule has 1 fully saturated rings. The lowest BCUT2D eigenvalue weighted by Crippen LogP contribution is -2.21. The second kappa shape index (κ2) is 8.11. The molecular weight excluding hydrogens is 368 g/mol. The summed E-state index contributed by atoms with van der Waals surface area (Å²) in [7, 11) is 0. The van der Waals surface area contributed by atoms with Gasteiger partial charge in [0.05, 0.1) is 17.4 Å². The number of hydrogen-bond acceptors (Lipinski definition) is 4. The van der Waals surface area contributed by atoms with E-state index in [-0.39, 0.29) is 17.4 Å². The highest BCUT2D eigenvalue weighted by Gasteiger charge is 2.21. The number of amides is 1. The minimum absolute atomic E-state index is 0.100. The van der Waals surface area contributed by atoms with Gasteiger partial charge in [-0.1, -0.05) is 19.3 Å². The van der Waals surface area contributed by atoms with Crippen molar-refractivity contribution in [3.63, 3.8) is 0 Å². The highest BCUT2D eigenvalue weighted by atomic mass is 16.5. The Hall–Kier alpha value is -3.09. The maximum atomic E-state index is 12.9. The smallest absolute Gasteiger partial charge is 0.271 e. The van der Waals surface area contributed by atoms with E-state index in [1.165, 1.54) is 25.5 Å². The highest BCUT2D eigenvalue weighted by Crippen LogP contribution is 2.33. The maximum absolute atomic E-state index is 12.9. The molecule has 7 nitrogen and oxygen atoms in total. The molecule has 0 spiro atoms. The molecule has 1 amide bonds. The minimum atomic E-state index is -0.396. The average molecular weight is 394 g/mol. The molecule has 0 radical (unpaired) electrons. The molecule has 4 rings (SSSR count). The molecule has 0 aromatic carbocycles. The van der Waals surface area contributed by atoms with Gasteiger partial charge in [-0.15, -0.1) is 0 Å². The first-order valence-electron chi connectivity index (χ1n) is 10.2. The van der Waals surface area contributed by atoms with Crippen molar-refractivity contribution in [2.75, 3.05) is 5.32 Å². The van der Waals surface area contributed by atoms with E-state index in [0.29, 0.717) is 17.2 Å². The summed E-state index contributed by atoms with van der Waals surface area (Å²) in [4.78, 5) is 32.2. The van der Waals surface area contributed by atoms with Crippen molar-refractivity contribution in [1.29, 1.82) is 0 Å². The first kappa shape index (κ1) is 19.2. The van der Waals surface area contributed by atoms with Crippen molar-refractivity contribution in [2.24, 2.45) is 0 Å². The summed E-state index contributed by atoms with van der Waals surface area (Å²) in [5.41, 5.74) is 2.03. The number of aromatic nitrogens is 3. The molecule has 3 aromatic rings. The zero-order chi connectivity index (χ0) is 20.4. The predicted octanol–water partition coefficient (Wildman–Crippen LogP) is 4.11. The number of anilines is 1. The van der Waals surface area contributed by atoms with Crippen molar-refractivity contribution in [3.8, 4) is 5.75 Å². The van der Waals surface area contributed by atoms with E-state index in [1.54, 1.807) is 24.4 Å². The van der Waals surface area contributed by atoms with Crippen molar-refractivity contribution in [2.45, 2.75) is 58.0 Å². The number of ether oxygens (including phenoxy) is 1. The number of hydrogen-bond donors (Lipinski definition) is 2. The van der Waals surface area contributed by atoms with Crippen molar-refractivity contribution >= 4 is 17.2 Å². The SMILES string of the molecule is CC(C)Oc1cc2nc(C3CCCCC3)cn2cc1C(=O)Nc1ccc[nH]c1=O. The van der Waals surface area contributed by atoms with E-state index in [9.17, 15) is 9.59 Å². The summed E-state index contributed by atoms with van der Waals surface area (Å²) in [6, 6.07) is 5.03. The molecule has 1 aliphatic carbocycles. The van der Waals surface area contributed by atoms with Gasteiger partial charge in [-0.3, -0.25) is 9.59 Å². The van der Waals surface area contributed by atoms with Crippen LogP contribution in [0.15, 0.2) is 41.6 Å². The van der Waals surface area contributed by atoms with Gasteiger partial charge < -0.3 is 19.4 Å². The van der Waals surface area contributed by atoms with Crippen molar-refractivity contribution < 1.29 is 9.53 Å². The van der Waals surface area contributed by atoms with E-state index in [4.69, 9.17) is 9.72 Å². The average Bonchev–Trinajstić information content (AvgIpc) is 3.12. The Labute approximate surface area is 169 Å². The standard InChI is InChI=1S/C22H26N4O3/c1-14(2)29-19-11-20-24-18(15-7-4-3-5-8-15)13-26(20)12-16(19)21(27)25-17-9-6-10-23-22(17)28/h6,9-15H,3-5,7-8H2,1-2H3,(H,23,28)(H,25,27). The van der Waals surface area contributed by atoms with Crippen LogP contribution in [0.2, 0.25) is 0 Å². The Morgan fingerprint density at radius 2 is 2.07 bits per heavy atom. The fourth-order valence-electron chi connectivity index (χ4n) is 3.86. The highest BCUT2D eigenvalue weighted by molar-refractivity contribution is 6.06. The molecule has 1 saturated carbocycles. The number of rotatable bonds is 5. The third-order valence-corrected chi connectivity index (χ3v) is 5.27. The van der Waals surface area contributed by atoms with Crippen LogP contribution < -0.4 is 15.6 Å². The molecule has 0 bridgehead atoms. The number of nitrogens with one attached hydrogen (secondary N) is 2. The lowest BCUT2D eigenvalue weighted by molar-refractivity contribution is 0.102. The summed E-state index contributed by atoms with van der Waals surface area (Å²) < 4.78 is 7.77. The molecule has 0 aliphatic heterocycles. The molecule has 7 heteroatoms. The number of fused-ring (bicyclic) bond motifs is 1. The maximum Gasteiger partial charge on any atom is 0.271 e. The number of imidazole rings is 1. The van der Waals surface area contributed by atoms with E-state index in [2.05, 4.69) is 10.3 Å². The molecule has 1 aliphatic rings. The first-order chi connectivity index (χ1) is 14.0. The van der Waals surface area contributed by atoms with Gasteiger partial charge in [0.1, 0.15) is 17.1 Å². The summed E-state index contributed by atoms with van der Waals surface area (Å²) in [5, 5.41) is 2.68.